The summed E-state index contributed by atoms with van der Waals surface area (Å²) in [5, 5.41) is 10.5. The molecule has 0 N–H and O–H groups in total. The van der Waals surface area contributed by atoms with Crippen LogP contribution in [-0.4, -0.2) is 10.2 Å². The quantitative estimate of drug-likeness (QED) is 0.463. The third-order valence-electron chi connectivity index (χ3n) is 3.38. The van der Waals surface area contributed by atoms with Crippen LogP contribution in [0.1, 0.15) is 5.56 Å². The van der Waals surface area contributed by atoms with Gasteiger partial charge in [-0.2, -0.15) is 0 Å². The molecule has 23 heavy (non-hydrogen) atoms. The molecule has 2 aromatic heterocycles. The van der Waals surface area contributed by atoms with Gasteiger partial charge in [0.05, 0.1) is 6.26 Å². The highest BCUT2D eigenvalue weighted by Crippen LogP contribution is 2.28. The average molecular weight is 343 g/mol. The number of hydrogen-bond donors (Lipinski definition) is 0. The zero-order chi connectivity index (χ0) is 15.6. The molecule has 0 saturated heterocycles. The number of fused-ring (bicyclic) bond motifs is 1. The average Bonchev–Trinajstić information content (AvgIpc) is 3.22. The van der Waals surface area contributed by atoms with E-state index in [1.54, 1.807) is 6.26 Å². The molecular weight excluding hydrogens is 332 g/mol. The van der Waals surface area contributed by atoms with Crippen molar-refractivity contribution in [3.05, 3.63) is 65.4 Å². The number of furan rings is 1. The molecule has 0 amide bonds. The van der Waals surface area contributed by atoms with Crippen LogP contribution in [0.4, 0.5) is 0 Å². The lowest BCUT2D eigenvalue weighted by Crippen LogP contribution is -1.79. The highest BCUT2D eigenvalue weighted by Gasteiger charge is 2.10. The number of aromatic nitrogens is 2. The molecule has 0 spiro atoms. The van der Waals surface area contributed by atoms with Crippen LogP contribution in [-0.2, 0) is 5.75 Å². The van der Waals surface area contributed by atoms with Gasteiger partial charge in [0.2, 0.25) is 5.89 Å². The van der Waals surface area contributed by atoms with Crippen molar-refractivity contribution in [2.45, 2.75) is 11.0 Å². The first kappa shape index (κ1) is 14.4. The predicted molar refractivity (Wildman–Crippen MR) is 90.5 cm³/mol. The van der Waals surface area contributed by atoms with E-state index < -0.39 is 0 Å². The molecule has 0 unspecified atom stereocenters. The van der Waals surface area contributed by atoms with E-state index >= 15 is 0 Å². The topological polar surface area (TPSA) is 52.1 Å². The zero-order valence-electron chi connectivity index (χ0n) is 11.9. The van der Waals surface area contributed by atoms with Crippen LogP contribution < -0.4 is 0 Å². The van der Waals surface area contributed by atoms with Crippen molar-refractivity contribution in [3.63, 3.8) is 0 Å². The molecule has 0 aliphatic rings. The second-order valence-electron chi connectivity index (χ2n) is 4.96. The van der Waals surface area contributed by atoms with E-state index in [9.17, 15) is 0 Å². The van der Waals surface area contributed by atoms with Gasteiger partial charge in [0, 0.05) is 21.7 Å². The van der Waals surface area contributed by atoms with Crippen LogP contribution in [0.15, 0.2) is 68.9 Å². The number of rotatable bonds is 4. The Balaban J connectivity index is 1.50. The highest BCUT2D eigenvalue weighted by atomic mass is 35.5. The monoisotopic (exact) mass is 342 g/mol. The number of hydrogen-bond acceptors (Lipinski definition) is 5. The van der Waals surface area contributed by atoms with Crippen molar-refractivity contribution < 1.29 is 8.83 Å². The van der Waals surface area contributed by atoms with Crippen molar-refractivity contribution in [2.24, 2.45) is 0 Å². The Bertz CT molecular complexity index is 947. The summed E-state index contributed by atoms with van der Waals surface area (Å²) in [6, 6.07) is 15.4. The smallest absolute Gasteiger partial charge is 0.277 e. The van der Waals surface area contributed by atoms with Crippen LogP contribution in [0.25, 0.3) is 22.4 Å². The summed E-state index contributed by atoms with van der Waals surface area (Å²) >= 11 is 7.38. The summed E-state index contributed by atoms with van der Waals surface area (Å²) in [5.74, 6) is 1.26. The maximum Gasteiger partial charge on any atom is 0.277 e. The zero-order valence-corrected chi connectivity index (χ0v) is 13.5. The van der Waals surface area contributed by atoms with Crippen molar-refractivity contribution in [1.29, 1.82) is 0 Å². The molecular formula is C17H11ClN2O2S. The summed E-state index contributed by atoms with van der Waals surface area (Å²) in [6.07, 6.45) is 1.66. The Kier molecular flexibility index (Phi) is 3.81. The Hall–Kier alpha value is -2.24. The molecule has 0 fully saturated rings. The van der Waals surface area contributed by atoms with Crippen LogP contribution in [0, 0.1) is 0 Å². The van der Waals surface area contributed by atoms with Crippen molar-refractivity contribution >= 4 is 34.3 Å². The van der Waals surface area contributed by atoms with Gasteiger partial charge in [0.15, 0.2) is 0 Å². The van der Waals surface area contributed by atoms with Gasteiger partial charge in [0.25, 0.3) is 5.22 Å². The summed E-state index contributed by atoms with van der Waals surface area (Å²) in [4.78, 5) is 0. The molecule has 0 aliphatic heterocycles. The normalized spacial score (nSPS) is 11.2. The van der Waals surface area contributed by atoms with Gasteiger partial charge < -0.3 is 8.83 Å². The van der Waals surface area contributed by atoms with E-state index in [1.165, 1.54) is 11.8 Å². The standard InChI is InChI=1S/C17H11ClN2O2S/c18-14-4-1-11(2-5-14)10-23-17-20-19-16(22-17)13-3-6-15-12(9-13)7-8-21-15/h1-9H,10H2. The van der Waals surface area contributed by atoms with Crippen LogP contribution in [0.5, 0.6) is 0 Å². The number of halogens is 1. The third kappa shape index (κ3) is 3.11. The van der Waals surface area contributed by atoms with E-state index in [0.717, 1.165) is 32.9 Å². The first-order valence-electron chi connectivity index (χ1n) is 6.96. The minimum Gasteiger partial charge on any atom is -0.464 e. The largest absolute Gasteiger partial charge is 0.464 e. The van der Waals surface area contributed by atoms with Gasteiger partial charge in [-0.25, -0.2) is 0 Å². The summed E-state index contributed by atoms with van der Waals surface area (Å²) in [6.45, 7) is 0. The molecule has 4 rings (SSSR count). The third-order valence-corrected chi connectivity index (χ3v) is 4.52. The van der Waals surface area contributed by atoms with Gasteiger partial charge in [-0.3, -0.25) is 0 Å². The molecule has 6 heteroatoms. The van der Waals surface area contributed by atoms with Gasteiger partial charge in [-0.05, 0) is 42.0 Å². The van der Waals surface area contributed by atoms with Gasteiger partial charge in [0.1, 0.15) is 5.58 Å². The van der Waals surface area contributed by atoms with Crippen molar-refractivity contribution in [2.75, 3.05) is 0 Å². The molecule has 0 saturated carbocycles. The number of benzene rings is 2. The van der Waals surface area contributed by atoms with Gasteiger partial charge >= 0.3 is 0 Å². The first-order valence-corrected chi connectivity index (χ1v) is 8.33. The maximum atomic E-state index is 5.88. The van der Waals surface area contributed by atoms with Crippen LogP contribution >= 0.6 is 23.4 Å². The molecule has 0 aliphatic carbocycles. The van der Waals surface area contributed by atoms with Crippen LogP contribution in [0.2, 0.25) is 5.02 Å². The Morgan fingerprint density at radius 1 is 1.00 bits per heavy atom. The maximum absolute atomic E-state index is 5.88. The molecule has 0 radical (unpaired) electrons. The molecule has 4 aromatic rings. The molecule has 2 heterocycles. The van der Waals surface area contributed by atoms with Gasteiger partial charge in [-0.15, -0.1) is 10.2 Å². The van der Waals surface area contributed by atoms with E-state index in [-0.39, 0.29) is 0 Å². The fraction of sp³-hybridized carbons (Fsp3) is 0.0588. The minimum absolute atomic E-state index is 0.506. The summed E-state index contributed by atoms with van der Waals surface area (Å²) in [7, 11) is 0. The lowest BCUT2D eigenvalue weighted by Gasteiger charge is -1.98. The van der Waals surface area contributed by atoms with E-state index in [1.807, 2.05) is 48.5 Å². The molecule has 2 aromatic carbocycles. The summed E-state index contributed by atoms with van der Waals surface area (Å²) in [5.41, 5.74) is 2.87. The molecule has 114 valence electrons. The fourth-order valence-electron chi connectivity index (χ4n) is 2.21. The lowest BCUT2D eigenvalue weighted by molar-refractivity contribution is 0.466. The van der Waals surface area contributed by atoms with E-state index in [4.69, 9.17) is 20.4 Å². The Labute approximate surface area is 141 Å². The van der Waals surface area contributed by atoms with Crippen molar-refractivity contribution in [1.82, 2.24) is 10.2 Å². The fourth-order valence-corrected chi connectivity index (χ4v) is 3.06. The Morgan fingerprint density at radius 3 is 2.74 bits per heavy atom. The summed E-state index contributed by atoms with van der Waals surface area (Å²) < 4.78 is 11.1. The number of thioether (sulfide) groups is 1. The second-order valence-corrected chi connectivity index (χ2v) is 6.32. The molecule has 4 nitrogen and oxygen atoms in total. The SMILES string of the molecule is Clc1ccc(CSc2nnc(-c3ccc4occc4c3)o2)cc1. The second kappa shape index (κ2) is 6.10. The minimum atomic E-state index is 0.506. The molecule has 0 bridgehead atoms. The predicted octanol–water partition coefficient (Wildman–Crippen LogP) is 5.43. The lowest BCUT2D eigenvalue weighted by atomic mass is 10.1. The van der Waals surface area contributed by atoms with E-state index in [0.29, 0.717) is 11.1 Å². The first-order chi connectivity index (χ1) is 11.3. The highest BCUT2D eigenvalue weighted by molar-refractivity contribution is 7.98. The molecule has 0 atom stereocenters. The number of nitrogens with zero attached hydrogens (tertiary/aromatic N) is 2. The van der Waals surface area contributed by atoms with Crippen molar-refractivity contribution in [3.8, 4) is 11.5 Å². The van der Waals surface area contributed by atoms with Crippen LogP contribution in [0.3, 0.4) is 0 Å². The Morgan fingerprint density at radius 2 is 1.87 bits per heavy atom. The van der Waals surface area contributed by atoms with Gasteiger partial charge in [-0.1, -0.05) is 35.5 Å². The van der Waals surface area contributed by atoms with E-state index in [2.05, 4.69) is 10.2 Å².